The van der Waals surface area contributed by atoms with Gasteiger partial charge in [-0.25, -0.2) is 8.78 Å². The zero-order chi connectivity index (χ0) is 13.8. The standard InChI is InChI=1S/C14H19F2NO2/c15-12-7-10(9-19)8-13(16)14(12)17-5-1-3-11(17)4-2-6-18/h7-8,11,18-19H,1-6,9H2. The Labute approximate surface area is 111 Å². The van der Waals surface area contributed by atoms with Crippen LogP contribution in [0.4, 0.5) is 14.5 Å². The predicted octanol–water partition coefficient (Wildman–Crippen LogP) is 2.20. The van der Waals surface area contributed by atoms with Gasteiger partial charge in [0.2, 0.25) is 0 Å². The van der Waals surface area contributed by atoms with Crippen molar-refractivity contribution in [1.29, 1.82) is 0 Å². The van der Waals surface area contributed by atoms with E-state index in [0.29, 0.717) is 13.0 Å². The molecule has 2 rings (SSSR count). The number of rotatable bonds is 5. The number of hydrogen-bond acceptors (Lipinski definition) is 3. The Balaban J connectivity index is 2.25. The van der Waals surface area contributed by atoms with Gasteiger partial charge in [0, 0.05) is 19.2 Å². The van der Waals surface area contributed by atoms with Gasteiger partial charge in [-0.2, -0.15) is 0 Å². The molecule has 0 spiro atoms. The summed E-state index contributed by atoms with van der Waals surface area (Å²) >= 11 is 0. The van der Waals surface area contributed by atoms with E-state index in [1.54, 1.807) is 4.90 Å². The third-order valence-electron chi connectivity index (χ3n) is 3.62. The van der Waals surface area contributed by atoms with E-state index < -0.39 is 11.6 Å². The third kappa shape index (κ3) is 3.04. The number of halogens is 2. The maximum absolute atomic E-state index is 14.0. The number of benzene rings is 1. The van der Waals surface area contributed by atoms with Gasteiger partial charge in [0.1, 0.15) is 17.3 Å². The first-order valence-corrected chi connectivity index (χ1v) is 6.63. The van der Waals surface area contributed by atoms with Crippen LogP contribution >= 0.6 is 0 Å². The van der Waals surface area contributed by atoms with Gasteiger partial charge in [0.15, 0.2) is 0 Å². The summed E-state index contributed by atoms with van der Waals surface area (Å²) in [5.41, 5.74) is 0.238. The number of aliphatic hydroxyl groups excluding tert-OH is 2. The molecule has 1 aliphatic heterocycles. The molecule has 3 nitrogen and oxygen atoms in total. The minimum absolute atomic E-state index is 0.00219. The van der Waals surface area contributed by atoms with Crippen LogP contribution in [0.2, 0.25) is 0 Å². The summed E-state index contributed by atoms with van der Waals surface area (Å²) in [6.07, 6.45) is 3.16. The van der Waals surface area contributed by atoms with Crippen molar-refractivity contribution in [2.75, 3.05) is 18.1 Å². The molecule has 0 saturated carbocycles. The van der Waals surface area contributed by atoms with Crippen LogP contribution in [0.5, 0.6) is 0 Å². The molecule has 1 heterocycles. The summed E-state index contributed by atoms with van der Waals surface area (Å²) in [4.78, 5) is 1.75. The maximum atomic E-state index is 14.0. The maximum Gasteiger partial charge on any atom is 0.149 e. The highest BCUT2D eigenvalue weighted by Crippen LogP contribution is 2.33. The fourth-order valence-corrected chi connectivity index (χ4v) is 2.74. The molecule has 1 saturated heterocycles. The number of hydrogen-bond donors (Lipinski definition) is 2. The summed E-state index contributed by atoms with van der Waals surface area (Å²) in [5.74, 6) is -1.25. The van der Waals surface area contributed by atoms with Crippen molar-refractivity contribution in [3.05, 3.63) is 29.3 Å². The highest BCUT2D eigenvalue weighted by Gasteiger charge is 2.28. The van der Waals surface area contributed by atoms with Crippen molar-refractivity contribution in [3.8, 4) is 0 Å². The van der Waals surface area contributed by atoms with Crippen molar-refractivity contribution in [2.24, 2.45) is 0 Å². The van der Waals surface area contributed by atoms with Crippen molar-refractivity contribution >= 4 is 5.69 Å². The lowest BCUT2D eigenvalue weighted by Gasteiger charge is -2.27. The van der Waals surface area contributed by atoms with Crippen LogP contribution in [-0.4, -0.2) is 29.4 Å². The van der Waals surface area contributed by atoms with E-state index in [4.69, 9.17) is 10.2 Å². The first-order chi connectivity index (χ1) is 9.17. The predicted molar refractivity (Wildman–Crippen MR) is 69.0 cm³/mol. The molecule has 1 aromatic carbocycles. The summed E-state index contributed by atoms with van der Waals surface area (Å²) in [6, 6.07) is 2.44. The van der Waals surface area contributed by atoms with E-state index in [1.807, 2.05) is 0 Å². The summed E-state index contributed by atoms with van der Waals surface area (Å²) in [7, 11) is 0. The van der Waals surface area contributed by atoms with E-state index in [0.717, 1.165) is 19.3 Å². The monoisotopic (exact) mass is 271 g/mol. The van der Waals surface area contributed by atoms with Crippen molar-refractivity contribution < 1.29 is 19.0 Å². The highest BCUT2D eigenvalue weighted by atomic mass is 19.1. The highest BCUT2D eigenvalue weighted by molar-refractivity contribution is 5.52. The van der Waals surface area contributed by atoms with Gasteiger partial charge in [-0.3, -0.25) is 0 Å². The molecule has 2 N–H and O–H groups in total. The van der Waals surface area contributed by atoms with E-state index in [9.17, 15) is 8.78 Å². The van der Waals surface area contributed by atoms with E-state index in [1.165, 1.54) is 12.1 Å². The molecule has 0 aliphatic carbocycles. The van der Waals surface area contributed by atoms with Crippen molar-refractivity contribution in [1.82, 2.24) is 0 Å². The number of anilines is 1. The molecule has 19 heavy (non-hydrogen) atoms. The molecule has 0 radical (unpaired) electrons. The molecule has 1 fully saturated rings. The first-order valence-electron chi connectivity index (χ1n) is 6.63. The molecular weight excluding hydrogens is 252 g/mol. The average molecular weight is 271 g/mol. The second kappa shape index (κ2) is 6.30. The Kier molecular flexibility index (Phi) is 4.71. The number of nitrogens with zero attached hydrogens (tertiary/aromatic N) is 1. The first kappa shape index (κ1) is 14.2. The van der Waals surface area contributed by atoms with Crippen molar-refractivity contribution in [3.63, 3.8) is 0 Å². The molecule has 1 aromatic rings. The second-order valence-electron chi connectivity index (χ2n) is 4.92. The summed E-state index contributed by atoms with van der Waals surface area (Å²) in [5, 5.41) is 17.8. The van der Waals surface area contributed by atoms with Crippen LogP contribution < -0.4 is 4.90 Å². The topological polar surface area (TPSA) is 43.7 Å². The lowest BCUT2D eigenvalue weighted by molar-refractivity contribution is 0.278. The fraction of sp³-hybridized carbons (Fsp3) is 0.571. The van der Waals surface area contributed by atoms with E-state index in [2.05, 4.69) is 0 Å². The number of aliphatic hydroxyl groups is 2. The smallest absolute Gasteiger partial charge is 0.149 e. The Hall–Kier alpha value is -1.20. The Morgan fingerprint density at radius 2 is 1.89 bits per heavy atom. The molecule has 106 valence electrons. The zero-order valence-corrected chi connectivity index (χ0v) is 10.8. The molecule has 0 aromatic heterocycles. The quantitative estimate of drug-likeness (QED) is 0.863. The lowest BCUT2D eigenvalue weighted by Crippen LogP contribution is -2.31. The lowest BCUT2D eigenvalue weighted by atomic mass is 10.1. The summed E-state index contributed by atoms with van der Waals surface area (Å²) < 4.78 is 28.0. The van der Waals surface area contributed by atoms with E-state index >= 15 is 0 Å². The molecule has 0 amide bonds. The third-order valence-corrected chi connectivity index (χ3v) is 3.62. The van der Waals surface area contributed by atoms with Crippen LogP contribution in [0.1, 0.15) is 31.2 Å². The fourth-order valence-electron chi connectivity index (χ4n) is 2.74. The van der Waals surface area contributed by atoms with Crippen LogP contribution in [0.3, 0.4) is 0 Å². The minimum atomic E-state index is -0.625. The molecule has 5 heteroatoms. The van der Waals surface area contributed by atoms with Gasteiger partial charge < -0.3 is 15.1 Å². The van der Waals surface area contributed by atoms with Crippen LogP contribution in [0.15, 0.2) is 12.1 Å². The van der Waals surface area contributed by atoms with Crippen LogP contribution in [-0.2, 0) is 6.61 Å². The van der Waals surface area contributed by atoms with Gasteiger partial charge in [-0.15, -0.1) is 0 Å². The van der Waals surface area contributed by atoms with Crippen molar-refractivity contribution in [2.45, 2.75) is 38.3 Å². The molecule has 1 aliphatic rings. The minimum Gasteiger partial charge on any atom is -0.396 e. The van der Waals surface area contributed by atoms with Crippen LogP contribution in [0, 0.1) is 11.6 Å². The SMILES string of the molecule is OCCCC1CCCN1c1c(F)cc(CO)cc1F. The van der Waals surface area contributed by atoms with Gasteiger partial charge in [-0.1, -0.05) is 0 Å². The van der Waals surface area contributed by atoms with Gasteiger partial charge in [0.05, 0.1) is 6.61 Å². The van der Waals surface area contributed by atoms with Gasteiger partial charge in [-0.05, 0) is 43.4 Å². The Morgan fingerprint density at radius 3 is 2.47 bits per heavy atom. The molecule has 0 bridgehead atoms. The molecule has 1 atom stereocenters. The van der Waals surface area contributed by atoms with Crippen LogP contribution in [0.25, 0.3) is 0 Å². The Bertz CT molecular complexity index is 416. The second-order valence-corrected chi connectivity index (χ2v) is 4.92. The van der Waals surface area contributed by atoms with E-state index in [-0.39, 0.29) is 30.5 Å². The molecular formula is C14H19F2NO2. The van der Waals surface area contributed by atoms with Gasteiger partial charge >= 0.3 is 0 Å². The summed E-state index contributed by atoms with van der Waals surface area (Å²) in [6.45, 7) is 0.350. The van der Waals surface area contributed by atoms with Gasteiger partial charge in [0.25, 0.3) is 0 Å². The Morgan fingerprint density at radius 1 is 1.21 bits per heavy atom. The normalized spacial score (nSPS) is 19.2. The largest absolute Gasteiger partial charge is 0.396 e. The zero-order valence-electron chi connectivity index (χ0n) is 10.8. The molecule has 1 unspecified atom stereocenters. The average Bonchev–Trinajstić information content (AvgIpc) is 2.83.